The third-order valence-electron chi connectivity index (χ3n) is 3.79. The smallest absolute Gasteiger partial charge is 0.416 e. The number of hydrogen-bond donors (Lipinski definition) is 2. The molecule has 2 aromatic rings. The van der Waals surface area contributed by atoms with E-state index in [9.17, 15) is 18.0 Å². The lowest BCUT2D eigenvalue weighted by atomic mass is 10.0. The fourth-order valence-electron chi connectivity index (χ4n) is 2.39. The number of ether oxygens (including phenoxy) is 1. The van der Waals surface area contributed by atoms with Crippen LogP contribution in [-0.2, 0) is 22.3 Å². The summed E-state index contributed by atoms with van der Waals surface area (Å²) in [5.74, 6) is -0.647. The number of hydrogen-bond acceptors (Lipinski definition) is 4. The number of nitrogens with one attached hydrogen (secondary N) is 2. The molecular weight excluding hydrogens is 428 g/mol. The van der Waals surface area contributed by atoms with Crippen molar-refractivity contribution >= 4 is 40.6 Å². The topological polar surface area (TPSA) is 62.2 Å². The normalized spacial score (nSPS) is 11.5. The van der Waals surface area contributed by atoms with Gasteiger partial charge in [0, 0.05) is 33.9 Å². The molecule has 4 nitrogen and oxygen atoms in total. The zero-order chi connectivity index (χ0) is 21.6. The van der Waals surface area contributed by atoms with Crippen molar-refractivity contribution in [3.05, 3.63) is 75.3 Å². The number of carbonyl (C=O) groups excluding carboxylic acids is 1. The van der Waals surface area contributed by atoms with Crippen LogP contribution in [0.4, 0.5) is 18.9 Å². The minimum Gasteiger partial charge on any atom is -0.463 e. The van der Waals surface area contributed by atoms with E-state index in [4.69, 9.17) is 33.3 Å². The van der Waals surface area contributed by atoms with Gasteiger partial charge in [-0.25, -0.2) is 4.79 Å². The highest BCUT2D eigenvalue weighted by Gasteiger charge is 2.31. The predicted octanol–water partition coefficient (Wildman–Crippen LogP) is 6.11. The summed E-state index contributed by atoms with van der Waals surface area (Å²) in [5, 5.41) is 11.8. The molecule has 0 atom stereocenters. The molecule has 0 unspecified atom stereocenters. The van der Waals surface area contributed by atoms with Gasteiger partial charge in [0.05, 0.1) is 17.9 Å². The quantitative estimate of drug-likeness (QED) is 0.307. The molecule has 154 valence electrons. The first kappa shape index (κ1) is 22.8. The van der Waals surface area contributed by atoms with Crippen molar-refractivity contribution in [1.29, 1.82) is 5.41 Å². The van der Waals surface area contributed by atoms with E-state index in [-0.39, 0.29) is 30.1 Å². The molecule has 0 aliphatic heterocycles. The second kappa shape index (κ2) is 9.80. The molecule has 2 N–H and O–H groups in total. The van der Waals surface area contributed by atoms with Gasteiger partial charge in [-0.15, -0.1) is 0 Å². The number of halogens is 5. The summed E-state index contributed by atoms with van der Waals surface area (Å²) in [6.07, 6.45) is -2.33. The molecule has 0 aromatic heterocycles. The molecule has 29 heavy (non-hydrogen) atoms. The zero-order valence-electron chi connectivity index (χ0n) is 15.2. The highest BCUT2D eigenvalue weighted by Crippen LogP contribution is 2.33. The lowest BCUT2D eigenvalue weighted by Gasteiger charge is -2.15. The van der Waals surface area contributed by atoms with Crippen LogP contribution >= 0.6 is 23.2 Å². The zero-order valence-corrected chi connectivity index (χ0v) is 16.8. The van der Waals surface area contributed by atoms with Gasteiger partial charge in [-0.05, 0) is 42.8 Å². The minimum absolute atomic E-state index is 0.0735. The number of alkyl halides is 3. The molecule has 0 radical (unpaired) electrons. The van der Waals surface area contributed by atoms with Gasteiger partial charge in [-0.3, -0.25) is 0 Å². The van der Waals surface area contributed by atoms with E-state index in [1.54, 1.807) is 19.1 Å². The van der Waals surface area contributed by atoms with Gasteiger partial charge in [0.2, 0.25) is 0 Å². The Balaban J connectivity index is 2.33. The Labute approximate surface area is 175 Å². The van der Waals surface area contributed by atoms with Crippen LogP contribution in [0.5, 0.6) is 0 Å². The average molecular weight is 445 g/mol. The summed E-state index contributed by atoms with van der Waals surface area (Å²) in [5.41, 5.74) is -0.148. The van der Waals surface area contributed by atoms with Gasteiger partial charge < -0.3 is 15.5 Å². The lowest BCUT2D eigenvalue weighted by Crippen LogP contribution is -2.11. The number of anilines is 1. The molecule has 0 bridgehead atoms. The van der Waals surface area contributed by atoms with E-state index < -0.39 is 17.7 Å². The molecule has 0 fully saturated rings. The highest BCUT2D eigenvalue weighted by molar-refractivity contribution is 6.35. The van der Waals surface area contributed by atoms with Gasteiger partial charge in [0.25, 0.3) is 0 Å². The minimum atomic E-state index is -4.55. The van der Waals surface area contributed by atoms with Crippen molar-refractivity contribution in [3.8, 4) is 0 Å². The standard InChI is InChI=1S/C20H17Cl2F3N2O2/c1-2-29-19(28)8-7-17(26)15-6-4-13(20(23,24)25)9-18(15)27-11-12-3-5-14(21)10-16(12)22/h3-10,26-27H,2,11H2,1H3/b8-7+,26-17?. The second-order valence-corrected chi connectivity index (χ2v) is 6.69. The lowest BCUT2D eigenvalue weighted by molar-refractivity contribution is -0.138. The maximum absolute atomic E-state index is 13.1. The molecule has 2 rings (SSSR count). The van der Waals surface area contributed by atoms with Gasteiger partial charge in [-0.2, -0.15) is 13.2 Å². The van der Waals surface area contributed by atoms with Crippen LogP contribution in [-0.4, -0.2) is 18.3 Å². The first-order valence-electron chi connectivity index (χ1n) is 8.44. The molecule has 0 saturated carbocycles. The maximum atomic E-state index is 13.1. The van der Waals surface area contributed by atoms with Crippen LogP contribution in [0, 0.1) is 5.41 Å². The fourth-order valence-corrected chi connectivity index (χ4v) is 2.86. The Morgan fingerprint density at radius 2 is 1.90 bits per heavy atom. The Hall–Kier alpha value is -2.51. The SMILES string of the molecule is CCOC(=O)/C=C/C(=N)c1ccc(C(F)(F)F)cc1NCc1ccc(Cl)cc1Cl. The van der Waals surface area contributed by atoms with Gasteiger partial charge in [0.15, 0.2) is 0 Å². The molecule has 9 heteroatoms. The number of allylic oxidation sites excluding steroid dienone is 1. The van der Waals surface area contributed by atoms with Crippen LogP contribution in [0.2, 0.25) is 10.0 Å². The Bertz CT molecular complexity index is 944. The van der Waals surface area contributed by atoms with Crippen molar-refractivity contribution in [1.82, 2.24) is 0 Å². The van der Waals surface area contributed by atoms with Crippen molar-refractivity contribution in [2.24, 2.45) is 0 Å². The number of carbonyl (C=O) groups is 1. The summed E-state index contributed by atoms with van der Waals surface area (Å²) in [4.78, 5) is 11.4. The molecule has 0 heterocycles. The molecule has 0 aliphatic carbocycles. The third-order valence-corrected chi connectivity index (χ3v) is 4.38. The monoisotopic (exact) mass is 444 g/mol. The molecule has 0 amide bonds. The van der Waals surface area contributed by atoms with E-state index in [1.165, 1.54) is 18.2 Å². The van der Waals surface area contributed by atoms with Gasteiger partial charge >= 0.3 is 12.1 Å². The van der Waals surface area contributed by atoms with Crippen LogP contribution in [0.3, 0.4) is 0 Å². The van der Waals surface area contributed by atoms with E-state index in [0.29, 0.717) is 15.6 Å². The Morgan fingerprint density at radius 1 is 1.17 bits per heavy atom. The van der Waals surface area contributed by atoms with E-state index in [2.05, 4.69) is 5.32 Å². The number of rotatable bonds is 7. The van der Waals surface area contributed by atoms with Gasteiger partial charge in [0.1, 0.15) is 0 Å². The first-order chi connectivity index (χ1) is 13.6. The van der Waals surface area contributed by atoms with Crippen LogP contribution in [0.25, 0.3) is 0 Å². The summed E-state index contributed by atoms with van der Waals surface area (Å²) < 4.78 is 44.1. The highest BCUT2D eigenvalue weighted by atomic mass is 35.5. The first-order valence-corrected chi connectivity index (χ1v) is 9.20. The van der Waals surface area contributed by atoms with Crippen molar-refractivity contribution in [2.75, 3.05) is 11.9 Å². The molecule has 0 spiro atoms. The number of esters is 1. The van der Waals surface area contributed by atoms with E-state index >= 15 is 0 Å². The second-order valence-electron chi connectivity index (χ2n) is 5.85. The van der Waals surface area contributed by atoms with E-state index in [0.717, 1.165) is 18.2 Å². The van der Waals surface area contributed by atoms with Crippen molar-refractivity contribution in [2.45, 2.75) is 19.6 Å². The van der Waals surface area contributed by atoms with Crippen LogP contribution < -0.4 is 5.32 Å². The number of benzene rings is 2. The predicted molar refractivity (Wildman–Crippen MR) is 108 cm³/mol. The molecule has 0 saturated heterocycles. The summed E-state index contributed by atoms with van der Waals surface area (Å²) in [7, 11) is 0. The Kier molecular flexibility index (Phi) is 7.70. The summed E-state index contributed by atoms with van der Waals surface area (Å²) >= 11 is 12.0. The van der Waals surface area contributed by atoms with Gasteiger partial charge in [-0.1, -0.05) is 35.3 Å². The summed E-state index contributed by atoms with van der Waals surface area (Å²) in [6.45, 7) is 1.92. The van der Waals surface area contributed by atoms with E-state index in [1.807, 2.05) is 0 Å². The van der Waals surface area contributed by atoms with Crippen molar-refractivity contribution in [3.63, 3.8) is 0 Å². The Morgan fingerprint density at radius 3 is 2.52 bits per heavy atom. The van der Waals surface area contributed by atoms with Crippen molar-refractivity contribution < 1.29 is 22.7 Å². The van der Waals surface area contributed by atoms with Crippen LogP contribution in [0.15, 0.2) is 48.6 Å². The maximum Gasteiger partial charge on any atom is 0.416 e. The fraction of sp³-hybridized carbons (Fsp3) is 0.200. The largest absolute Gasteiger partial charge is 0.463 e. The van der Waals surface area contributed by atoms with Crippen LogP contribution in [0.1, 0.15) is 23.6 Å². The molecular formula is C20H17Cl2F3N2O2. The average Bonchev–Trinajstić information content (AvgIpc) is 2.64. The third kappa shape index (κ3) is 6.51. The molecule has 0 aliphatic rings. The summed E-state index contributed by atoms with van der Waals surface area (Å²) in [6, 6.07) is 7.75. The molecule has 2 aromatic carbocycles.